The molecule has 21 heavy (non-hydrogen) atoms. The molecule has 0 bridgehead atoms. The van der Waals surface area contributed by atoms with Crippen molar-refractivity contribution in [1.29, 1.82) is 0 Å². The van der Waals surface area contributed by atoms with E-state index in [1.165, 1.54) is 5.56 Å². The molecule has 0 aliphatic carbocycles. The summed E-state index contributed by atoms with van der Waals surface area (Å²) in [6.07, 6.45) is 3.95. The fourth-order valence-corrected chi connectivity index (χ4v) is 1.92. The zero-order valence-electron chi connectivity index (χ0n) is 13.2. The fraction of sp³-hybridized carbons (Fsp3) is 0.444. The van der Waals surface area contributed by atoms with Crippen molar-refractivity contribution in [3.05, 3.63) is 35.9 Å². The van der Waals surface area contributed by atoms with Gasteiger partial charge in [-0.25, -0.2) is 0 Å². The molecule has 1 aromatic carbocycles. The Morgan fingerprint density at radius 2 is 2.05 bits per heavy atom. The molecule has 0 fully saturated rings. The first-order valence-corrected chi connectivity index (χ1v) is 7.26. The monoisotopic (exact) mass is 285 g/mol. The van der Waals surface area contributed by atoms with E-state index < -0.39 is 0 Å². The molecule has 3 nitrogen and oxygen atoms in total. The van der Waals surface area contributed by atoms with Crippen molar-refractivity contribution < 1.29 is 9.47 Å². The third-order valence-corrected chi connectivity index (χ3v) is 3.09. The largest absolute Gasteiger partial charge is 0.454 e. The molecule has 1 aromatic rings. The molecule has 3 heteroatoms. The van der Waals surface area contributed by atoms with Crippen LogP contribution in [0.15, 0.2) is 30.4 Å². The van der Waals surface area contributed by atoms with Gasteiger partial charge in [0, 0.05) is 18.0 Å². The minimum atomic E-state index is 0.0531. The molecule has 1 N–H and O–H groups in total. The fourth-order valence-electron chi connectivity index (χ4n) is 1.92. The Morgan fingerprint density at radius 1 is 1.29 bits per heavy atom. The zero-order valence-corrected chi connectivity index (χ0v) is 13.2. The van der Waals surface area contributed by atoms with Gasteiger partial charge in [-0.1, -0.05) is 24.0 Å². The minimum Gasteiger partial charge on any atom is -0.454 e. The maximum Gasteiger partial charge on any atom is 0.231 e. The van der Waals surface area contributed by atoms with E-state index >= 15 is 0 Å². The Bertz CT molecular complexity index is 573. The van der Waals surface area contributed by atoms with Crippen LogP contribution in [0.4, 0.5) is 0 Å². The van der Waals surface area contributed by atoms with Gasteiger partial charge < -0.3 is 14.8 Å². The van der Waals surface area contributed by atoms with Crippen LogP contribution in [0.5, 0.6) is 11.5 Å². The Balaban J connectivity index is 1.83. The first kappa shape index (κ1) is 15.5. The van der Waals surface area contributed by atoms with Gasteiger partial charge in [-0.15, -0.1) is 0 Å². The second-order valence-electron chi connectivity index (χ2n) is 6.16. The Hall–Kier alpha value is -1.92. The molecule has 0 aromatic heterocycles. The molecule has 1 atom stereocenters. The second kappa shape index (κ2) is 6.69. The summed E-state index contributed by atoms with van der Waals surface area (Å²) in [6.45, 7) is 9.55. The number of benzene rings is 1. The van der Waals surface area contributed by atoms with Crippen LogP contribution in [0.3, 0.4) is 0 Å². The third kappa shape index (κ3) is 4.84. The summed E-state index contributed by atoms with van der Waals surface area (Å²) in [4.78, 5) is 0. The molecule has 112 valence electrons. The molecular formula is C18H23NO2. The summed E-state index contributed by atoms with van der Waals surface area (Å²) in [5, 5.41) is 3.44. The molecule has 1 aliphatic heterocycles. The van der Waals surface area contributed by atoms with Crippen molar-refractivity contribution in [3.8, 4) is 23.3 Å². The Morgan fingerprint density at radius 3 is 2.81 bits per heavy atom. The van der Waals surface area contributed by atoms with Gasteiger partial charge in [-0.2, -0.15) is 0 Å². The lowest BCUT2D eigenvalue weighted by molar-refractivity contribution is 0.174. The van der Waals surface area contributed by atoms with Gasteiger partial charge in [-0.3, -0.25) is 0 Å². The number of rotatable bonds is 4. The molecular weight excluding hydrogens is 262 g/mol. The topological polar surface area (TPSA) is 30.5 Å². The predicted octanol–water partition coefficient (Wildman–Crippen LogP) is 3.67. The average Bonchev–Trinajstić information content (AvgIpc) is 2.88. The first-order chi connectivity index (χ1) is 9.96. The van der Waals surface area contributed by atoms with Gasteiger partial charge >= 0.3 is 0 Å². The van der Waals surface area contributed by atoms with E-state index in [4.69, 9.17) is 9.47 Å². The van der Waals surface area contributed by atoms with Crippen LogP contribution in [0.25, 0.3) is 0 Å². The molecule has 0 radical (unpaired) electrons. The third-order valence-electron chi connectivity index (χ3n) is 3.09. The van der Waals surface area contributed by atoms with Gasteiger partial charge in [0.2, 0.25) is 6.79 Å². The smallest absolute Gasteiger partial charge is 0.231 e. The Kier molecular flexibility index (Phi) is 4.93. The summed E-state index contributed by atoms with van der Waals surface area (Å²) >= 11 is 0. The van der Waals surface area contributed by atoms with Crippen LogP contribution in [0.2, 0.25) is 0 Å². The van der Waals surface area contributed by atoms with Crippen molar-refractivity contribution in [2.75, 3.05) is 13.3 Å². The summed E-state index contributed by atoms with van der Waals surface area (Å²) in [6, 6.07) is 6.30. The SMILES string of the molecule is C[C@@H](NCC=CC#CC(C)(C)C)c1ccc2c(c1)OCO2. The molecule has 0 unspecified atom stereocenters. The van der Waals surface area contributed by atoms with E-state index in [1.54, 1.807) is 0 Å². The van der Waals surface area contributed by atoms with E-state index in [9.17, 15) is 0 Å². The van der Waals surface area contributed by atoms with E-state index in [1.807, 2.05) is 24.3 Å². The van der Waals surface area contributed by atoms with Crippen LogP contribution in [-0.4, -0.2) is 13.3 Å². The molecule has 0 spiro atoms. The van der Waals surface area contributed by atoms with Crippen molar-refractivity contribution in [2.24, 2.45) is 5.41 Å². The highest BCUT2D eigenvalue weighted by Crippen LogP contribution is 2.34. The predicted molar refractivity (Wildman–Crippen MR) is 85.4 cm³/mol. The van der Waals surface area contributed by atoms with Crippen molar-refractivity contribution in [1.82, 2.24) is 5.32 Å². The van der Waals surface area contributed by atoms with E-state index in [0.717, 1.165) is 18.0 Å². The second-order valence-corrected chi connectivity index (χ2v) is 6.16. The van der Waals surface area contributed by atoms with Gasteiger partial charge in [-0.05, 0) is 51.5 Å². The number of ether oxygens (including phenoxy) is 2. The summed E-state index contributed by atoms with van der Waals surface area (Å²) in [5.41, 5.74) is 1.24. The lowest BCUT2D eigenvalue weighted by atomic mass is 9.98. The molecule has 0 saturated heterocycles. The Labute approximate surface area is 127 Å². The highest BCUT2D eigenvalue weighted by Gasteiger charge is 2.15. The summed E-state index contributed by atoms with van der Waals surface area (Å²) in [5.74, 6) is 7.89. The van der Waals surface area contributed by atoms with Gasteiger partial charge in [0.15, 0.2) is 11.5 Å². The number of hydrogen-bond acceptors (Lipinski definition) is 3. The van der Waals surface area contributed by atoms with Crippen LogP contribution in [0, 0.1) is 17.3 Å². The van der Waals surface area contributed by atoms with Gasteiger partial charge in [0.1, 0.15) is 0 Å². The molecule has 2 rings (SSSR count). The van der Waals surface area contributed by atoms with Crippen LogP contribution >= 0.6 is 0 Å². The highest BCUT2D eigenvalue weighted by atomic mass is 16.7. The maximum absolute atomic E-state index is 5.40. The molecule has 0 saturated carbocycles. The van der Waals surface area contributed by atoms with Crippen molar-refractivity contribution >= 4 is 0 Å². The minimum absolute atomic E-state index is 0.0531. The maximum atomic E-state index is 5.40. The number of fused-ring (bicyclic) bond motifs is 1. The summed E-state index contributed by atoms with van der Waals surface area (Å²) in [7, 11) is 0. The van der Waals surface area contributed by atoms with E-state index in [-0.39, 0.29) is 11.5 Å². The van der Waals surface area contributed by atoms with Gasteiger partial charge in [0.25, 0.3) is 0 Å². The zero-order chi connectivity index (χ0) is 15.3. The lowest BCUT2D eigenvalue weighted by Crippen LogP contribution is -2.18. The molecule has 0 amide bonds. The van der Waals surface area contributed by atoms with Crippen LogP contribution in [0.1, 0.15) is 39.3 Å². The number of nitrogens with one attached hydrogen (secondary N) is 1. The number of allylic oxidation sites excluding steroid dienone is 1. The van der Waals surface area contributed by atoms with Crippen LogP contribution < -0.4 is 14.8 Å². The van der Waals surface area contributed by atoms with Crippen molar-refractivity contribution in [2.45, 2.75) is 33.7 Å². The molecule has 1 aliphatic rings. The highest BCUT2D eigenvalue weighted by molar-refractivity contribution is 5.45. The van der Waals surface area contributed by atoms with E-state index in [2.05, 4.69) is 50.9 Å². The average molecular weight is 285 g/mol. The van der Waals surface area contributed by atoms with E-state index in [0.29, 0.717) is 6.79 Å². The van der Waals surface area contributed by atoms with Crippen molar-refractivity contribution in [3.63, 3.8) is 0 Å². The first-order valence-electron chi connectivity index (χ1n) is 7.26. The van der Waals surface area contributed by atoms with Gasteiger partial charge in [0.05, 0.1) is 0 Å². The standard InChI is InChI=1S/C18H23NO2/c1-14(19-11-7-5-6-10-18(2,3)4)15-8-9-16-17(12-15)21-13-20-16/h5,7-9,12,14,19H,11,13H2,1-4H3/t14-/m1/s1. The summed E-state index contributed by atoms with van der Waals surface area (Å²) < 4.78 is 10.7. The molecule has 1 heterocycles. The number of hydrogen-bond donors (Lipinski definition) is 1. The quantitative estimate of drug-likeness (QED) is 0.856. The normalized spacial score (nSPS) is 14.9. The van der Waals surface area contributed by atoms with Crippen LogP contribution in [-0.2, 0) is 0 Å². The lowest BCUT2D eigenvalue weighted by Gasteiger charge is -2.13.